The van der Waals surface area contributed by atoms with Gasteiger partial charge in [0.1, 0.15) is 6.10 Å². The molecule has 1 aliphatic heterocycles. The van der Waals surface area contributed by atoms with Gasteiger partial charge in [0, 0.05) is 19.6 Å². The van der Waals surface area contributed by atoms with Crippen LogP contribution in [0.25, 0.3) is 0 Å². The minimum Gasteiger partial charge on any atom is -0.360 e. The summed E-state index contributed by atoms with van der Waals surface area (Å²) >= 11 is 0. The van der Waals surface area contributed by atoms with E-state index in [1.54, 1.807) is 0 Å². The third-order valence-corrected chi connectivity index (χ3v) is 3.28. The second kappa shape index (κ2) is 6.53. The molecule has 0 aliphatic carbocycles. The van der Waals surface area contributed by atoms with Gasteiger partial charge in [-0.05, 0) is 25.3 Å². The molecule has 18 heavy (non-hydrogen) atoms. The molecule has 0 aromatic heterocycles. The summed E-state index contributed by atoms with van der Waals surface area (Å²) in [6.45, 7) is 6.69. The fourth-order valence-corrected chi connectivity index (χ4v) is 2.31. The van der Waals surface area contributed by atoms with Crippen molar-refractivity contribution >= 4 is 0 Å². The van der Waals surface area contributed by atoms with Gasteiger partial charge in [0.15, 0.2) is 0 Å². The second-order valence-corrected chi connectivity index (χ2v) is 4.71. The van der Waals surface area contributed by atoms with Gasteiger partial charge in [0.05, 0.1) is 12.2 Å². The van der Waals surface area contributed by atoms with Gasteiger partial charge in [0.2, 0.25) is 0 Å². The summed E-state index contributed by atoms with van der Waals surface area (Å²) in [5.41, 5.74) is 1.35. The van der Waals surface area contributed by atoms with Gasteiger partial charge in [-0.3, -0.25) is 4.90 Å². The van der Waals surface area contributed by atoms with Crippen molar-refractivity contribution in [3.05, 3.63) is 42.8 Å². The van der Waals surface area contributed by atoms with E-state index in [4.69, 9.17) is 10.00 Å². The molecule has 1 saturated heterocycles. The van der Waals surface area contributed by atoms with Crippen LogP contribution in [0.3, 0.4) is 0 Å². The van der Waals surface area contributed by atoms with Crippen LogP contribution >= 0.6 is 0 Å². The summed E-state index contributed by atoms with van der Waals surface area (Å²) in [4.78, 5) is 2.43. The number of nitrogens with zero attached hydrogens (tertiary/aromatic N) is 2. The molecule has 0 amide bonds. The number of benzene rings is 1. The highest BCUT2D eigenvalue weighted by atomic mass is 16.5. The van der Waals surface area contributed by atoms with Crippen LogP contribution in [0.4, 0.5) is 0 Å². The lowest BCUT2D eigenvalue weighted by atomic mass is 10.1. The van der Waals surface area contributed by atoms with Gasteiger partial charge in [-0.15, -0.1) is 0 Å². The largest absolute Gasteiger partial charge is 0.360 e. The molecule has 1 aliphatic rings. The van der Waals surface area contributed by atoms with Gasteiger partial charge < -0.3 is 4.74 Å². The van der Waals surface area contributed by atoms with Crippen LogP contribution in [0, 0.1) is 18.3 Å². The SMILES string of the molecule is [CH2]C(C#N)OC1CCN(Cc2ccccc2)CC1. The Bertz CT molecular complexity index is 391. The lowest BCUT2D eigenvalue weighted by Crippen LogP contribution is -2.37. The van der Waals surface area contributed by atoms with Crippen LogP contribution in [0.1, 0.15) is 18.4 Å². The van der Waals surface area contributed by atoms with Crippen molar-refractivity contribution in [3.8, 4) is 6.07 Å². The number of rotatable bonds is 4. The number of ether oxygens (including phenoxy) is 1. The van der Waals surface area contributed by atoms with Gasteiger partial charge >= 0.3 is 0 Å². The van der Waals surface area contributed by atoms with Crippen molar-refractivity contribution in [2.75, 3.05) is 13.1 Å². The smallest absolute Gasteiger partial charge is 0.144 e. The third-order valence-electron chi connectivity index (χ3n) is 3.28. The Hall–Kier alpha value is -1.37. The first-order chi connectivity index (χ1) is 8.78. The Labute approximate surface area is 109 Å². The highest BCUT2D eigenvalue weighted by molar-refractivity contribution is 5.14. The van der Waals surface area contributed by atoms with Crippen LogP contribution in [0.2, 0.25) is 0 Å². The molecule has 95 valence electrons. The quantitative estimate of drug-likeness (QED) is 0.814. The number of hydrogen-bond donors (Lipinski definition) is 0. The van der Waals surface area contributed by atoms with E-state index < -0.39 is 6.10 Å². The predicted octanol–water partition coefficient (Wildman–Crippen LogP) is 2.39. The van der Waals surface area contributed by atoms with E-state index in [2.05, 4.69) is 36.1 Å². The van der Waals surface area contributed by atoms with Gasteiger partial charge in [-0.2, -0.15) is 5.26 Å². The summed E-state index contributed by atoms with van der Waals surface area (Å²) in [6, 6.07) is 12.5. The zero-order valence-electron chi connectivity index (χ0n) is 10.6. The van der Waals surface area contributed by atoms with E-state index in [9.17, 15) is 0 Å². The van der Waals surface area contributed by atoms with Crippen molar-refractivity contribution in [2.45, 2.75) is 31.6 Å². The molecular weight excluding hydrogens is 224 g/mol. The molecule has 1 atom stereocenters. The number of nitriles is 1. The molecular formula is C15H19N2O. The fraction of sp³-hybridized carbons (Fsp3) is 0.467. The van der Waals surface area contributed by atoms with Crippen LogP contribution < -0.4 is 0 Å². The van der Waals surface area contributed by atoms with E-state index in [-0.39, 0.29) is 6.10 Å². The zero-order valence-corrected chi connectivity index (χ0v) is 10.6. The zero-order chi connectivity index (χ0) is 12.8. The van der Waals surface area contributed by atoms with Crippen LogP contribution in [-0.4, -0.2) is 30.2 Å². The Morgan fingerprint density at radius 3 is 2.61 bits per heavy atom. The van der Waals surface area contributed by atoms with E-state index >= 15 is 0 Å². The highest BCUT2D eigenvalue weighted by Crippen LogP contribution is 2.17. The van der Waals surface area contributed by atoms with E-state index in [0.717, 1.165) is 32.5 Å². The Morgan fingerprint density at radius 1 is 1.33 bits per heavy atom. The first-order valence-electron chi connectivity index (χ1n) is 6.42. The Kier molecular flexibility index (Phi) is 4.74. The van der Waals surface area contributed by atoms with Crippen molar-refractivity contribution in [1.29, 1.82) is 5.26 Å². The number of piperidine rings is 1. The molecule has 0 saturated carbocycles. The van der Waals surface area contributed by atoms with Crippen molar-refractivity contribution in [3.63, 3.8) is 0 Å². The van der Waals surface area contributed by atoms with Gasteiger partial charge in [0.25, 0.3) is 0 Å². The summed E-state index contributed by atoms with van der Waals surface area (Å²) in [5, 5.41) is 8.66. The van der Waals surface area contributed by atoms with E-state index in [0.29, 0.717) is 0 Å². The molecule has 1 fully saturated rings. The summed E-state index contributed by atoms with van der Waals surface area (Å²) in [7, 11) is 0. The minimum absolute atomic E-state index is 0.194. The molecule has 2 rings (SSSR count). The molecule has 0 bridgehead atoms. The van der Waals surface area contributed by atoms with Gasteiger partial charge in [-0.1, -0.05) is 30.3 Å². The molecule has 3 nitrogen and oxygen atoms in total. The first kappa shape index (κ1) is 13.1. The second-order valence-electron chi connectivity index (χ2n) is 4.71. The average molecular weight is 243 g/mol. The molecule has 1 aromatic carbocycles. The van der Waals surface area contributed by atoms with E-state index in [1.165, 1.54) is 5.56 Å². The monoisotopic (exact) mass is 243 g/mol. The summed E-state index contributed by atoms with van der Waals surface area (Å²) < 4.78 is 5.54. The maximum absolute atomic E-state index is 8.66. The predicted molar refractivity (Wildman–Crippen MR) is 70.6 cm³/mol. The molecule has 1 heterocycles. The van der Waals surface area contributed by atoms with Crippen LogP contribution in [0.15, 0.2) is 30.3 Å². The normalized spacial score (nSPS) is 19.3. The van der Waals surface area contributed by atoms with Crippen molar-refractivity contribution in [1.82, 2.24) is 4.90 Å². The standard InChI is InChI=1S/C15H19N2O/c1-13(11-16)18-15-7-9-17(10-8-15)12-14-5-3-2-4-6-14/h2-6,13,15H,1,7-10,12H2. The summed E-state index contributed by atoms with van der Waals surface area (Å²) in [5.74, 6) is 0. The third kappa shape index (κ3) is 3.83. The Balaban J connectivity index is 1.75. The lowest BCUT2D eigenvalue weighted by Gasteiger charge is -2.32. The van der Waals surface area contributed by atoms with Crippen molar-refractivity contribution in [2.24, 2.45) is 0 Å². The number of hydrogen-bond acceptors (Lipinski definition) is 3. The van der Waals surface area contributed by atoms with Crippen LogP contribution in [0.5, 0.6) is 0 Å². The topological polar surface area (TPSA) is 36.3 Å². The first-order valence-corrected chi connectivity index (χ1v) is 6.42. The number of likely N-dealkylation sites (tertiary alicyclic amines) is 1. The minimum atomic E-state index is -0.532. The lowest BCUT2D eigenvalue weighted by molar-refractivity contribution is -0.00492. The molecule has 1 unspecified atom stereocenters. The van der Waals surface area contributed by atoms with Crippen LogP contribution in [-0.2, 0) is 11.3 Å². The molecule has 3 heteroatoms. The molecule has 1 radical (unpaired) electrons. The highest BCUT2D eigenvalue weighted by Gasteiger charge is 2.21. The van der Waals surface area contributed by atoms with E-state index in [1.807, 2.05) is 12.1 Å². The molecule has 0 N–H and O–H groups in total. The van der Waals surface area contributed by atoms with Gasteiger partial charge in [-0.25, -0.2) is 0 Å². The summed E-state index contributed by atoms with van der Waals surface area (Å²) in [6.07, 6.45) is 1.64. The molecule has 0 spiro atoms. The maximum atomic E-state index is 8.66. The average Bonchev–Trinajstić information content (AvgIpc) is 2.42. The fourth-order valence-electron chi connectivity index (χ4n) is 2.31. The molecule has 1 aromatic rings. The Morgan fingerprint density at radius 2 is 2.00 bits per heavy atom. The van der Waals surface area contributed by atoms with Crippen molar-refractivity contribution < 1.29 is 4.74 Å². The maximum Gasteiger partial charge on any atom is 0.144 e.